The molecule has 17 heavy (non-hydrogen) atoms. The Hall–Kier alpha value is -1.80. The summed E-state index contributed by atoms with van der Waals surface area (Å²) in [6.45, 7) is 2.82. The number of nitrogens with zero attached hydrogens (tertiary/aromatic N) is 3. The first-order valence-corrected chi connectivity index (χ1v) is 5.63. The Morgan fingerprint density at radius 3 is 2.94 bits per heavy atom. The second-order valence-electron chi connectivity index (χ2n) is 4.29. The monoisotopic (exact) mass is 232 g/mol. The van der Waals surface area contributed by atoms with Crippen molar-refractivity contribution in [3.8, 4) is 6.07 Å². The molecule has 5 heteroatoms. The van der Waals surface area contributed by atoms with Crippen molar-refractivity contribution in [3.63, 3.8) is 0 Å². The van der Waals surface area contributed by atoms with Crippen LogP contribution < -0.4 is 10.6 Å². The third-order valence-electron chi connectivity index (χ3n) is 3.19. The number of nitrogens with two attached hydrogens (primary N) is 1. The molecule has 1 aliphatic rings. The van der Waals surface area contributed by atoms with Crippen molar-refractivity contribution in [1.82, 2.24) is 4.98 Å². The Morgan fingerprint density at radius 1 is 1.65 bits per heavy atom. The van der Waals surface area contributed by atoms with Crippen LogP contribution in [-0.4, -0.2) is 30.8 Å². The fourth-order valence-electron chi connectivity index (χ4n) is 2.22. The Kier molecular flexibility index (Phi) is 3.16. The second kappa shape index (κ2) is 4.60. The minimum absolute atomic E-state index is 0.178. The Bertz CT molecular complexity index is 454. The van der Waals surface area contributed by atoms with Gasteiger partial charge in [-0.2, -0.15) is 5.26 Å². The summed E-state index contributed by atoms with van der Waals surface area (Å²) in [5.74, 6) is 0.714. The molecule has 1 aliphatic heterocycles. The van der Waals surface area contributed by atoms with Crippen LogP contribution >= 0.6 is 0 Å². The van der Waals surface area contributed by atoms with Gasteiger partial charge in [-0.3, -0.25) is 0 Å². The summed E-state index contributed by atoms with van der Waals surface area (Å²) in [5.41, 5.74) is 6.93. The van der Waals surface area contributed by atoms with Crippen LogP contribution in [0.25, 0.3) is 0 Å². The predicted octanol–water partition coefficient (Wildman–Crippen LogP) is 1.15. The largest absolute Gasteiger partial charge is 0.396 e. The van der Waals surface area contributed by atoms with E-state index in [1.54, 1.807) is 12.3 Å². The van der Waals surface area contributed by atoms with Crippen molar-refractivity contribution in [1.29, 1.82) is 5.26 Å². The van der Waals surface area contributed by atoms with Gasteiger partial charge in [0.15, 0.2) is 5.82 Å². The van der Waals surface area contributed by atoms with Crippen LogP contribution in [0, 0.1) is 11.3 Å². The molecule has 2 unspecified atom stereocenters. The van der Waals surface area contributed by atoms with Crippen LogP contribution in [0.15, 0.2) is 12.3 Å². The normalized spacial score (nSPS) is 23.4. The van der Waals surface area contributed by atoms with Crippen LogP contribution in [0.4, 0.5) is 11.5 Å². The summed E-state index contributed by atoms with van der Waals surface area (Å²) in [5, 5.41) is 8.77. The van der Waals surface area contributed by atoms with Crippen molar-refractivity contribution >= 4 is 11.5 Å². The minimum atomic E-state index is 0.178. The molecule has 1 aromatic rings. The van der Waals surface area contributed by atoms with Crippen LogP contribution in [0.2, 0.25) is 0 Å². The highest BCUT2D eigenvalue weighted by molar-refractivity contribution is 5.64. The molecule has 1 fully saturated rings. The molecule has 0 bridgehead atoms. The van der Waals surface area contributed by atoms with Crippen LogP contribution in [0.3, 0.4) is 0 Å². The number of aromatic nitrogens is 1. The van der Waals surface area contributed by atoms with Crippen LogP contribution in [0.1, 0.15) is 18.9 Å². The van der Waals surface area contributed by atoms with Crippen molar-refractivity contribution < 1.29 is 4.74 Å². The molecule has 2 rings (SSSR count). The van der Waals surface area contributed by atoms with Gasteiger partial charge in [0.05, 0.1) is 23.4 Å². The van der Waals surface area contributed by atoms with E-state index in [2.05, 4.69) is 4.98 Å². The maximum Gasteiger partial charge on any atom is 0.151 e. The second-order valence-corrected chi connectivity index (χ2v) is 4.29. The smallest absolute Gasteiger partial charge is 0.151 e. The zero-order chi connectivity index (χ0) is 12.4. The molecule has 0 aromatic carbocycles. The Labute approximate surface area is 101 Å². The first-order valence-electron chi connectivity index (χ1n) is 5.63. The molecule has 90 valence electrons. The Balaban J connectivity index is 2.25. The van der Waals surface area contributed by atoms with Crippen molar-refractivity contribution in [3.05, 3.63) is 17.8 Å². The number of ether oxygens (including phenoxy) is 1. The lowest BCUT2D eigenvalue weighted by atomic mass is 10.1. The first kappa shape index (κ1) is 11.7. The molecule has 0 radical (unpaired) electrons. The summed E-state index contributed by atoms with van der Waals surface area (Å²) < 4.78 is 5.53. The lowest BCUT2D eigenvalue weighted by Gasteiger charge is -2.28. The molecular weight excluding hydrogens is 216 g/mol. The maximum atomic E-state index is 8.77. The molecule has 1 saturated heterocycles. The SMILES string of the molecule is CC1OCCC1N(C)c1ncc(C#N)cc1N. The lowest BCUT2D eigenvalue weighted by molar-refractivity contribution is 0.118. The summed E-state index contributed by atoms with van der Waals surface area (Å²) >= 11 is 0. The number of hydrogen-bond acceptors (Lipinski definition) is 5. The van der Waals surface area contributed by atoms with E-state index in [1.165, 1.54) is 0 Å². The van der Waals surface area contributed by atoms with Gasteiger partial charge in [-0.15, -0.1) is 0 Å². The fraction of sp³-hybridized carbons (Fsp3) is 0.500. The van der Waals surface area contributed by atoms with Gasteiger partial charge in [-0.05, 0) is 19.4 Å². The van der Waals surface area contributed by atoms with E-state index in [0.717, 1.165) is 13.0 Å². The molecule has 0 aliphatic carbocycles. The minimum Gasteiger partial charge on any atom is -0.396 e. The number of pyridine rings is 1. The highest BCUT2D eigenvalue weighted by atomic mass is 16.5. The van der Waals surface area contributed by atoms with Crippen LogP contribution in [-0.2, 0) is 4.74 Å². The predicted molar refractivity (Wildman–Crippen MR) is 65.6 cm³/mol. The highest BCUT2D eigenvalue weighted by Crippen LogP contribution is 2.27. The number of rotatable bonds is 2. The molecular formula is C12H16N4O. The van der Waals surface area contributed by atoms with E-state index in [0.29, 0.717) is 17.1 Å². The van der Waals surface area contributed by atoms with Crippen LogP contribution in [0.5, 0.6) is 0 Å². The van der Waals surface area contributed by atoms with Crippen molar-refractivity contribution in [2.24, 2.45) is 0 Å². The quantitative estimate of drug-likeness (QED) is 0.827. The maximum absolute atomic E-state index is 8.77. The molecule has 2 heterocycles. The summed E-state index contributed by atoms with van der Waals surface area (Å²) in [6, 6.07) is 3.97. The number of hydrogen-bond donors (Lipinski definition) is 1. The molecule has 0 amide bonds. The van der Waals surface area contributed by atoms with Gasteiger partial charge in [0, 0.05) is 19.9 Å². The standard InChI is InChI=1S/C12H16N4O/c1-8-11(3-4-17-8)16(2)12-10(14)5-9(6-13)7-15-12/h5,7-8,11H,3-4,14H2,1-2H3. The lowest BCUT2D eigenvalue weighted by Crippen LogP contribution is -2.37. The van der Waals surface area contributed by atoms with Crippen molar-refractivity contribution in [2.75, 3.05) is 24.3 Å². The molecule has 2 N–H and O–H groups in total. The average Bonchev–Trinajstić information content (AvgIpc) is 2.74. The average molecular weight is 232 g/mol. The van der Waals surface area contributed by atoms with E-state index < -0.39 is 0 Å². The number of nitriles is 1. The third-order valence-corrected chi connectivity index (χ3v) is 3.19. The highest BCUT2D eigenvalue weighted by Gasteiger charge is 2.29. The first-order chi connectivity index (χ1) is 8.13. The summed E-state index contributed by atoms with van der Waals surface area (Å²) in [4.78, 5) is 6.29. The van der Waals surface area contributed by atoms with Gasteiger partial charge in [-0.25, -0.2) is 4.98 Å². The van der Waals surface area contributed by atoms with E-state index in [1.807, 2.05) is 24.9 Å². The number of nitrogen functional groups attached to an aromatic ring is 1. The Morgan fingerprint density at radius 2 is 2.41 bits per heavy atom. The van der Waals surface area contributed by atoms with E-state index in [9.17, 15) is 0 Å². The number of anilines is 2. The topological polar surface area (TPSA) is 75.2 Å². The molecule has 0 spiro atoms. The van der Waals surface area contributed by atoms with Gasteiger partial charge in [0.25, 0.3) is 0 Å². The van der Waals surface area contributed by atoms with Gasteiger partial charge >= 0.3 is 0 Å². The van der Waals surface area contributed by atoms with Gasteiger partial charge in [0.1, 0.15) is 6.07 Å². The third kappa shape index (κ3) is 2.17. The summed E-state index contributed by atoms with van der Waals surface area (Å²) in [7, 11) is 1.96. The zero-order valence-corrected chi connectivity index (χ0v) is 10.1. The van der Waals surface area contributed by atoms with E-state index in [4.69, 9.17) is 15.7 Å². The van der Waals surface area contributed by atoms with Gasteiger partial charge in [-0.1, -0.05) is 0 Å². The molecule has 5 nitrogen and oxygen atoms in total. The fourth-order valence-corrected chi connectivity index (χ4v) is 2.22. The molecule has 2 atom stereocenters. The van der Waals surface area contributed by atoms with Gasteiger partial charge < -0.3 is 15.4 Å². The zero-order valence-electron chi connectivity index (χ0n) is 10.1. The van der Waals surface area contributed by atoms with E-state index in [-0.39, 0.29) is 12.1 Å². The molecule has 0 saturated carbocycles. The summed E-state index contributed by atoms with van der Waals surface area (Å²) in [6.07, 6.45) is 2.69. The number of likely N-dealkylation sites (N-methyl/N-ethyl adjacent to an activating group) is 1. The van der Waals surface area contributed by atoms with Gasteiger partial charge in [0.2, 0.25) is 0 Å². The van der Waals surface area contributed by atoms with Crippen molar-refractivity contribution in [2.45, 2.75) is 25.5 Å². The molecule has 1 aromatic heterocycles. The van der Waals surface area contributed by atoms with E-state index >= 15 is 0 Å².